The number of rotatable bonds is 7. The van der Waals surface area contributed by atoms with E-state index >= 15 is 0 Å². The Morgan fingerprint density at radius 1 is 0.485 bits per heavy atom. The van der Waals surface area contributed by atoms with E-state index in [2.05, 4.69) is 235 Å². The number of hydrogen-bond acceptors (Lipinski definition) is 4. The summed E-state index contributed by atoms with van der Waals surface area (Å²) in [7, 11) is 0. The van der Waals surface area contributed by atoms with E-state index in [-0.39, 0.29) is 37.3 Å². The fourth-order valence-electron chi connectivity index (χ4n) is 8.85. The number of para-hydroxylation sites is 3. The quantitative estimate of drug-likeness (QED) is 0.149. The Balaban J connectivity index is 0.00000548. The van der Waals surface area contributed by atoms with Crippen molar-refractivity contribution in [2.24, 2.45) is 0 Å². The van der Waals surface area contributed by atoms with Crippen LogP contribution in [-0.2, 0) is 37.3 Å². The van der Waals surface area contributed by atoms with E-state index in [0.29, 0.717) is 11.5 Å². The molecule has 1 aliphatic rings. The van der Waals surface area contributed by atoms with Crippen molar-refractivity contribution >= 4 is 44.6 Å². The van der Waals surface area contributed by atoms with Crippen molar-refractivity contribution in [1.82, 2.24) is 9.55 Å². The minimum absolute atomic E-state index is 0. The zero-order chi connectivity index (χ0) is 45.3. The van der Waals surface area contributed by atoms with Gasteiger partial charge in [0, 0.05) is 61.3 Å². The van der Waals surface area contributed by atoms with Crippen LogP contribution in [0.1, 0.15) is 79.0 Å². The van der Waals surface area contributed by atoms with Gasteiger partial charge in [-0.1, -0.05) is 147 Å². The first-order valence-corrected chi connectivity index (χ1v) is 22.6. The number of fused-ring (bicyclic) bond motifs is 4. The van der Waals surface area contributed by atoms with Crippen molar-refractivity contribution in [3.8, 4) is 39.6 Å². The van der Waals surface area contributed by atoms with Crippen LogP contribution in [0.5, 0.6) is 11.5 Å². The first-order chi connectivity index (χ1) is 31.1. The van der Waals surface area contributed by atoms with Crippen LogP contribution in [-0.4, -0.2) is 9.55 Å². The molecule has 334 valence electrons. The molecule has 0 radical (unpaired) electrons. The maximum atomic E-state index is 6.64. The van der Waals surface area contributed by atoms with Gasteiger partial charge >= 0.3 is 0 Å². The van der Waals surface area contributed by atoms with E-state index in [4.69, 9.17) is 9.72 Å². The van der Waals surface area contributed by atoms with Gasteiger partial charge in [0.05, 0.1) is 0 Å². The predicted octanol–water partition coefficient (Wildman–Crippen LogP) is 16.2. The summed E-state index contributed by atoms with van der Waals surface area (Å²) >= 11 is 0. The second kappa shape index (κ2) is 17.1. The number of anilines is 4. The molecule has 3 heterocycles. The minimum Gasteiger partial charge on any atom is -0.509 e. The Bertz CT molecular complexity index is 3140. The summed E-state index contributed by atoms with van der Waals surface area (Å²) < 4.78 is 8.83. The molecule has 0 amide bonds. The molecule has 0 fully saturated rings. The molecule has 0 bridgehead atoms. The number of nitrogens with zero attached hydrogens (tertiary/aromatic N) is 4. The Morgan fingerprint density at radius 3 is 1.68 bits per heavy atom. The Hall–Kier alpha value is -6.42. The predicted molar refractivity (Wildman–Crippen MR) is 271 cm³/mol. The summed E-state index contributed by atoms with van der Waals surface area (Å²) in [6, 6.07) is 63.8. The molecule has 0 saturated carbocycles. The smallest absolute Gasteiger partial charge is 0.135 e. The molecule has 1 aliphatic heterocycles. The first kappa shape index (κ1) is 44.8. The van der Waals surface area contributed by atoms with Crippen LogP contribution in [0.4, 0.5) is 22.7 Å². The van der Waals surface area contributed by atoms with Crippen molar-refractivity contribution in [3.63, 3.8) is 0 Å². The molecule has 0 unspecified atom stereocenters. The molecule has 5 nitrogen and oxygen atoms in total. The largest absolute Gasteiger partial charge is 0.509 e. The average Bonchev–Trinajstić information content (AvgIpc) is 3.84. The van der Waals surface area contributed by atoms with Gasteiger partial charge in [0.2, 0.25) is 0 Å². The Labute approximate surface area is 405 Å². The Morgan fingerprint density at radius 2 is 1.06 bits per heavy atom. The van der Waals surface area contributed by atoms with Crippen LogP contribution in [0.3, 0.4) is 0 Å². The average molecular weight is 1040 g/mol. The molecule has 9 aromatic rings. The van der Waals surface area contributed by atoms with Crippen LogP contribution in [0.25, 0.3) is 49.9 Å². The van der Waals surface area contributed by atoms with E-state index in [1.165, 1.54) is 27.8 Å². The summed E-state index contributed by atoms with van der Waals surface area (Å²) in [4.78, 5) is 9.35. The molecule has 2 aromatic heterocycles. The molecule has 0 spiro atoms. The van der Waals surface area contributed by atoms with Gasteiger partial charge in [-0.3, -0.25) is 0 Å². The van der Waals surface area contributed by atoms with Crippen molar-refractivity contribution in [1.29, 1.82) is 0 Å². The van der Waals surface area contributed by atoms with Gasteiger partial charge in [-0.05, 0) is 109 Å². The molecule has 7 aromatic carbocycles. The Kier molecular flexibility index (Phi) is 11.6. The normalized spacial score (nSPS) is 13.0. The van der Waals surface area contributed by atoms with Crippen molar-refractivity contribution in [2.45, 2.75) is 78.6 Å². The summed E-state index contributed by atoms with van der Waals surface area (Å²) in [5.74, 6) is 2.05. The van der Waals surface area contributed by atoms with E-state index < -0.39 is 0 Å². The molecule has 0 N–H and O–H groups in total. The van der Waals surface area contributed by atoms with Gasteiger partial charge in [-0.25, -0.2) is 4.98 Å². The second-order valence-electron chi connectivity index (χ2n) is 20.4. The zero-order valence-electron chi connectivity index (χ0n) is 39.2. The zero-order valence-corrected chi connectivity index (χ0v) is 41.5. The molecule has 10 rings (SSSR count). The van der Waals surface area contributed by atoms with Gasteiger partial charge in [-0.2, -0.15) is 12.1 Å². The fraction of sp³-hybridized carbons (Fsp3) is 0.200. The maximum Gasteiger partial charge on any atom is 0.135 e. The van der Waals surface area contributed by atoms with Gasteiger partial charge < -0.3 is 19.1 Å². The van der Waals surface area contributed by atoms with Crippen LogP contribution in [0.15, 0.2) is 164 Å². The van der Waals surface area contributed by atoms with Gasteiger partial charge in [0.1, 0.15) is 5.82 Å². The second-order valence-corrected chi connectivity index (χ2v) is 20.4. The van der Waals surface area contributed by atoms with Gasteiger partial charge in [0.25, 0.3) is 0 Å². The number of ether oxygens (including phenoxy) is 1. The molecular formula is C60H55N4OPt-3. The summed E-state index contributed by atoms with van der Waals surface area (Å²) in [5, 5.41) is 2.23. The van der Waals surface area contributed by atoms with Crippen LogP contribution >= 0.6 is 0 Å². The van der Waals surface area contributed by atoms with E-state index in [1.54, 1.807) is 0 Å². The number of hydrogen-bond donors (Lipinski definition) is 0. The molecule has 66 heavy (non-hydrogen) atoms. The van der Waals surface area contributed by atoms with Crippen LogP contribution in [0, 0.1) is 18.8 Å². The molecule has 0 atom stereocenters. The van der Waals surface area contributed by atoms with E-state index in [1.807, 2.05) is 24.4 Å². The van der Waals surface area contributed by atoms with Crippen molar-refractivity contribution in [2.75, 3.05) is 9.80 Å². The SMILES string of the molecule is CC(C)(C)c1ccc(-c2cc(-c3ccc(C(C)(C)C)cc3)cc(N3[CH-]N(c4[c-]c(Oc5[c-]c6c(cc5)c5ccccc5n6-c5cc(C(C)(C)C)ccn5)ccc4)c4ccccc43)c2)cc1.[Pt]. The van der Waals surface area contributed by atoms with Gasteiger partial charge in [0.15, 0.2) is 0 Å². The molecular weight excluding hydrogens is 988 g/mol. The maximum absolute atomic E-state index is 6.64. The third-order valence-electron chi connectivity index (χ3n) is 12.6. The number of aromatic nitrogens is 2. The van der Waals surface area contributed by atoms with Crippen molar-refractivity contribution in [3.05, 3.63) is 199 Å². The topological polar surface area (TPSA) is 33.5 Å². The molecule has 6 heteroatoms. The van der Waals surface area contributed by atoms with E-state index in [0.717, 1.165) is 61.5 Å². The van der Waals surface area contributed by atoms with Gasteiger partial charge in [-0.15, -0.1) is 48.1 Å². The van der Waals surface area contributed by atoms with Crippen molar-refractivity contribution < 1.29 is 25.8 Å². The molecule has 0 saturated heterocycles. The summed E-state index contributed by atoms with van der Waals surface area (Å²) in [6.45, 7) is 22.4. The first-order valence-electron chi connectivity index (χ1n) is 22.6. The molecule has 0 aliphatic carbocycles. The number of pyridine rings is 1. The summed E-state index contributed by atoms with van der Waals surface area (Å²) in [6.07, 6.45) is 1.90. The van der Waals surface area contributed by atoms with Crippen LogP contribution in [0.2, 0.25) is 0 Å². The van der Waals surface area contributed by atoms with Crippen LogP contribution < -0.4 is 14.5 Å². The van der Waals surface area contributed by atoms with E-state index in [9.17, 15) is 0 Å². The third kappa shape index (κ3) is 8.58. The fourth-order valence-corrected chi connectivity index (χ4v) is 8.85. The third-order valence-corrected chi connectivity index (χ3v) is 12.6. The minimum atomic E-state index is -0.0234. The standard InChI is InChI=1S/C60H55N4O.Pt/c1-58(2,3)44-25-21-40(22-26-44)42-33-43(41-23-27-45(28-24-41)59(4,5)6)35-48(34-42)63-39-62(54-19-12-13-20-55(54)63)47-15-14-16-49(37-47)65-50-29-30-52-51-17-10-11-18-53(51)64(56(52)38-50)57-36-46(31-32-61-57)60(7,8)9;/h10-36,39H,1-9H3;/q-3;. The summed E-state index contributed by atoms with van der Waals surface area (Å²) in [5.41, 5.74) is 14.7. The monoisotopic (exact) mass is 1040 g/mol. The number of benzene rings is 7.